The first kappa shape index (κ1) is 24.4. The highest BCUT2D eigenvalue weighted by molar-refractivity contribution is 5.94. The van der Waals surface area contributed by atoms with E-state index in [4.69, 9.17) is 9.47 Å². The van der Waals surface area contributed by atoms with Gasteiger partial charge in [-0.2, -0.15) is 0 Å². The molecule has 2 N–H and O–H groups in total. The van der Waals surface area contributed by atoms with Gasteiger partial charge in [-0.3, -0.25) is 14.8 Å². The summed E-state index contributed by atoms with van der Waals surface area (Å²) in [5, 5.41) is 6.67. The zero-order chi connectivity index (χ0) is 24.7. The molecule has 0 bridgehead atoms. The summed E-state index contributed by atoms with van der Waals surface area (Å²) >= 11 is 0. The fourth-order valence-electron chi connectivity index (χ4n) is 4.82. The average molecular weight is 487 g/mol. The quantitative estimate of drug-likeness (QED) is 0.477. The van der Waals surface area contributed by atoms with Crippen molar-refractivity contribution in [2.24, 2.45) is 0 Å². The van der Waals surface area contributed by atoms with Gasteiger partial charge in [-0.1, -0.05) is 18.2 Å². The third-order valence-corrected chi connectivity index (χ3v) is 6.88. The lowest BCUT2D eigenvalue weighted by molar-refractivity contribution is 0.0679. The summed E-state index contributed by atoms with van der Waals surface area (Å²) in [7, 11) is 0. The monoisotopic (exact) mass is 486 g/mol. The maximum atomic E-state index is 12.8. The number of hydrogen-bond donors (Lipinski definition) is 2. The van der Waals surface area contributed by atoms with E-state index in [1.54, 1.807) is 6.20 Å². The van der Waals surface area contributed by atoms with Gasteiger partial charge in [0.1, 0.15) is 12.4 Å². The molecule has 36 heavy (non-hydrogen) atoms. The lowest BCUT2D eigenvalue weighted by atomic mass is 9.87. The van der Waals surface area contributed by atoms with Crippen LogP contribution in [0.15, 0.2) is 54.9 Å². The first-order chi connectivity index (χ1) is 17.6. The molecule has 0 unspecified atom stereocenters. The molecule has 5 rings (SSSR count). The fourth-order valence-corrected chi connectivity index (χ4v) is 4.82. The van der Waals surface area contributed by atoms with E-state index in [1.165, 1.54) is 16.7 Å². The van der Waals surface area contributed by atoms with Crippen molar-refractivity contribution in [1.29, 1.82) is 0 Å². The van der Waals surface area contributed by atoms with Crippen molar-refractivity contribution < 1.29 is 14.3 Å². The summed E-state index contributed by atoms with van der Waals surface area (Å²) in [5.41, 5.74) is 6.48. The largest absolute Gasteiger partial charge is 0.491 e. The van der Waals surface area contributed by atoms with Crippen LogP contribution in [-0.4, -0.2) is 41.2 Å². The van der Waals surface area contributed by atoms with E-state index >= 15 is 0 Å². The number of hydrogen-bond acceptors (Lipinski definition) is 6. The Kier molecular flexibility index (Phi) is 7.88. The van der Waals surface area contributed by atoms with Crippen molar-refractivity contribution in [3.63, 3.8) is 0 Å². The predicted molar refractivity (Wildman–Crippen MR) is 138 cm³/mol. The van der Waals surface area contributed by atoms with E-state index in [0.29, 0.717) is 18.7 Å². The minimum atomic E-state index is -0.0332. The molecule has 2 aliphatic rings. The zero-order valence-electron chi connectivity index (χ0n) is 20.8. The normalized spacial score (nSPS) is 19.0. The molecule has 0 spiro atoms. The molecule has 1 aromatic heterocycles. The van der Waals surface area contributed by atoms with E-state index in [9.17, 15) is 4.79 Å². The Hall–Kier alpha value is -3.29. The van der Waals surface area contributed by atoms with Crippen molar-refractivity contribution in [1.82, 2.24) is 20.6 Å². The van der Waals surface area contributed by atoms with Crippen LogP contribution >= 0.6 is 0 Å². The summed E-state index contributed by atoms with van der Waals surface area (Å²) in [5.74, 6) is 0.736. The van der Waals surface area contributed by atoms with Crippen LogP contribution in [0.5, 0.6) is 5.75 Å². The lowest BCUT2D eigenvalue weighted by Gasteiger charge is -2.26. The van der Waals surface area contributed by atoms with Gasteiger partial charge in [0.25, 0.3) is 5.91 Å². The van der Waals surface area contributed by atoms with Crippen molar-refractivity contribution in [2.75, 3.05) is 13.2 Å². The molecular weight excluding hydrogens is 452 g/mol. The Morgan fingerprint density at radius 3 is 2.72 bits per heavy atom. The minimum Gasteiger partial charge on any atom is -0.491 e. The molecule has 1 aliphatic heterocycles. The van der Waals surface area contributed by atoms with E-state index in [0.717, 1.165) is 62.4 Å². The third kappa shape index (κ3) is 6.47. The number of carbonyl (C=O) groups excluding carboxylic acids is 1. The topological polar surface area (TPSA) is 85.4 Å². The van der Waals surface area contributed by atoms with Gasteiger partial charge in [0.05, 0.1) is 17.5 Å². The van der Waals surface area contributed by atoms with Gasteiger partial charge in [-0.15, -0.1) is 0 Å². The molecule has 1 amide bonds. The van der Waals surface area contributed by atoms with E-state index in [2.05, 4.69) is 38.8 Å². The molecule has 188 valence electrons. The number of amides is 1. The van der Waals surface area contributed by atoms with Crippen LogP contribution in [0.3, 0.4) is 0 Å². The Bertz CT molecular complexity index is 1160. The second kappa shape index (κ2) is 11.6. The smallest absolute Gasteiger partial charge is 0.251 e. The van der Waals surface area contributed by atoms with E-state index in [1.807, 2.05) is 37.4 Å². The van der Waals surface area contributed by atoms with Gasteiger partial charge >= 0.3 is 0 Å². The molecule has 3 aromatic rings. The molecule has 2 heterocycles. The number of rotatable bonds is 9. The van der Waals surface area contributed by atoms with Crippen molar-refractivity contribution in [2.45, 2.75) is 64.3 Å². The summed E-state index contributed by atoms with van der Waals surface area (Å²) in [4.78, 5) is 21.5. The van der Waals surface area contributed by atoms with Gasteiger partial charge in [0, 0.05) is 43.7 Å². The molecule has 1 fully saturated rings. The van der Waals surface area contributed by atoms with Crippen molar-refractivity contribution in [3.05, 3.63) is 88.5 Å². The highest BCUT2D eigenvalue weighted by Crippen LogP contribution is 2.23. The van der Waals surface area contributed by atoms with Gasteiger partial charge in [0.15, 0.2) is 0 Å². The fraction of sp³-hybridized carbons (Fsp3) is 0.414. The first-order valence-corrected chi connectivity index (χ1v) is 12.9. The summed E-state index contributed by atoms with van der Waals surface area (Å²) in [6.07, 6.45) is 8.71. The van der Waals surface area contributed by atoms with Crippen molar-refractivity contribution >= 4 is 5.91 Å². The van der Waals surface area contributed by atoms with Gasteiger partial charge < -0.3 is 20.1 Å². The summed E-state index contributed by atoms with van der Waals surface area (Å²) in [6, 6.07) is 14.2. The summed E-state index contributed by atoms with van der Waals surface area (Å²) < 4.78 is 11.4. The van der Waals surface area contributed by atoms with Crippen LogP contribution < -0.4 is 15.4 Å². The Morgan fingerprint density at radius 1 is 1.06 bits per heavy atom. The standard InChI is InChI=1S/C29H34N4O3/c1-20-15-32-26(18-31-20)17-30-16-21-4-5-24-14-25(9-6-23(24)13-21)33-29(34)22-7-10-27(11-8-22)36-19-28-3-2-12-35-28/h4-5,7-8,10-11,13,15,18,25,28,30H,2-3,6,9,12,14,16-17,19H2,1H3,(H,33,34)/t25-,28-/m0/s1. The van der Waals surface area contributed by atoms with Crippen LogP contribution in [-0.2, 0) is 30.7 Å². The van der Waals surface area contributed by atoms with Crippen LogP contribution in [0.1, 0.15) is 57.7 Å². The molecule has 7 nitrogen and oxygen atoms in total. The van der Waals surface area contributed by atoms with Crippen LogP contribution in [0.2, 0.25) is 0 Å². The van der Waals surface area contributed by atoms with E-state index in [-0.39, 0.29) is 18.1 Å². The number of benzene rings is 2. The summed E-state index contributed by atoms with van der Waals surface area (Å²) in [6.45, 7) is 4.80. The predicted octanol–water partition coefficient (Wildman–Crippen LogP) is 3.92. The van der Waals surface area contributed by atoms with Gasteiger partial charge in [0.2, 0.25) is 0 Å². The lowest BCUT2D eigenvalue weighted by Crippen LogP contribution is -2.38. The number of ether oxygens (including phenoxy) is 2. The zero-order valence-corrected chi connectivity index (χ0v) is 20.8. The average Bonchev–Trinajstić information content (AvgIpc) is 3.43. The maximum absolute atomic E-state index is 12.8. The highest BCUT2D eigenvalue weighted by atomic mass is 16.5. The SMILES string of the molecule is Cc1cnc(CNCc2ccc3c(c2)CC[C@H](NC(=O)c2ccc(OC[C@@H]4CCCO4)cc2)C3)cn1. The molecule has 7 heteroatoms. The maximum Gasteiger partial charge on any atom is 0.251 e. The van der Waals surface area contributed by atoms with E-state index < -0.39 is 0 Å². The second-order valence-corrected chi connectivity index (χ2v) is 9.74. The second-order valence-electron chi connectivity index (χ2n) is 9.74. The molecule has 0 radical (unpaired) electrons. The number of aromatic nitrogens is 2. The Balaban J connectivity index is 1.09. The molecule has 2 aromatic carbocycles. The number of fused-ring (bicyclic) bond motifs is 1. The molecular formula is C29H34N4O3. The molecule has 1 saturated heterocycles. The van der Waals surface area contributed by atoms with Crippen LogP contribution in [0.4, 0.5) is 0 Å². The minimum absolute atomic E-state index is 0.0332. The third-order valence-electron chi connectivity index (χ3n) is 6.88. The van der Waals surface area contributed by atoms with Crippen molar-refractivity contribution in [3.8, 4) is 5.75 Å². The van der Waals surface area contributed by atoms with Crippen LogP contribution in [0.25, 0.3) is 0 Å². The first-order valence-electron chi connectivity index (χ1n) is 12.9. The van der Waals surface area contributed by atoms with Gasteiger partial charge in [-0.25, -0.2) is 0 Å². The number of carbonyl (C=O) groups is 1. The molecule has 1 aliphatic carbocycles. The number of nitrogens with zero attached hydrogens (tertiary/aromatic N) is 2. The molecule has 2 atom stereocenters. The Morgan fingerprint density at radius 2 is 1.94 bits per heavy atom. The number of nitrogens with one attached hydrogen (secondary N) is 2. The Labute approximate surface area is 212 Å². The number of aryl methyl sites for hydroxylation is 2. The highest BCUT2D eigenvalue weighted by Gasteiger charge is 2.21. The van der Waals surface area contributed by atoms with Crippen LogP contribution in [0, 0.1) is 6.92 Å². The molecule has 0 saturated carbocycles. The van der Waals surface area contributed by atoms with Gasteiger partial charge in [-0.05, 0) is 80.0 Å².